The molecule has 2 amide bonds. The van der Waals surface area contributed by atoms with Crippen LogP contribution < -0.4 is 5.32 Å². The molecular weight excluding hydrogens is 344 g/mol. The standard InChI is InChI=1S/C20H28N4O3/c1-13-9-7-8-10-15(13)24-17(11-16(22-24)20(3,4)5)21-19(27)23(6)12-14(2)18(25)26/h7-11,14H,12H2,1-6H3,(H,21,27)(H,25,26). The zero-order chi connectivity index (χ0) is 20.4. The number of hydrogen-bond donors (Lipinski definition) is 2. The van der Waals surface area contributed by atoms with E-state index in [4.69, 9.17) is 10.2 Å². The second-order valence-corrected chi connectivity index (χ2v) is 7.91. The van der Waals surface area contributed by atoms with Crippen molar-refractivity contribution >= 4 is 17.8 Å². The molecule has 0 radical (unpaired) electrons. The Balaban J connectivity index is 2.35. The maximum Gasteiger partial charge on any atom is 0.322 e. The molecule has 0 saturated heterocycles. The van der Waals surface area contributed by atoms with E-state index in [2.05, 4.69) is 26.1 Å². The molecule has 2 aromatic rings. The molecule has 27 heavy (non-hydrogen) atoms. The molecule has 0 aliphatic rings. The average molecular weight is 372 g/mol. The van der Waals surface area contributed by atoms with Crippen molar-refractivity contribution in [3.63, 3.8) is 0 Å². The number of aromatic nitrogens is 2. The van der Waals surface area contributed by atoms with Gasteiger partial charge in [-0.3, -0.25) is 10.1 Å². The molecule has 1 aromatic heterocycles. The molecule has 2 N–H and O–H groups in total. The van der Waals surface area contributed by atoms with Crippen LogP contribution in [-0.2, 0) is 10.2 Å². The van der Waals surface area contributed by atoms with Crippen LogP contribution >= 0.6 is 0 Å². The van der Waals surface area contributed by atoms with Crippen molar-refractivity contribution in [2.75, 3.05) is 18.9 Å². The Morgan fingerprint density at radius 2 is 1.93 bits per heavy atom. The van der Waals surface area contributed by atoms with Gasteiger partial charge in [-0.1, -0.05) is 45.9 Å². The summed E-state index contributed by atoms with van der Waals surface area (Å²) in [5.74, 6) is -1.03. The number of urea groups is 1. The number of aryl methyl sites for hydroxylation is 1. The summed E-state index contributed by atoms with van der Waals surface area (Å²) in [4.78, 5) is 25.0. The first-order valence-corrected chi connectivity index (χ1v) is 8.92. The van der Waals surface area contributed by atoms with Crippen molar-refractivity contribution in [1.29, 1.82) is 0 Å². The van der Waals surface area contributed by atoms with Crippen LogP contribution in [0.1, 0.15) is 39.0 Å². The van der Waals surface area contributed by atoms with E-state index in [-0.39, 0.29) is 18.0 Å². The number of para-hydroxylation sites is 1. The highest BCUT2D eigenvalue weighted by atomic mass is 16.4. The number of nitrogens with one attached hydrogen (secondary N) is 1. The molecule has 1 heterocycles. The normalized spacial score (nSPS) is 12.5. The molecule has 0 saturated carbocycles. The summed E-state index contributed by atoms with van der Waals surface area (Å²) >= 11 is 0. The van der Waals surface area contributed by atoms with Crippen LogP contribution in [0.15, 0.2) is 30.3 Å². The lowest BCUT2D eigenvalue weighted by molar-refractivity contribution is -0.141. The first kappa shape index (κ1) is 20.5. The summed E-state index contributed by atoms with van der Waals surface area (Å²) in [6, 6.07) is 9.29. The topological polar surface area (TPSA) is 87.5 Å². The van der Waals surface area contributed by atoms with Crippen LogP contribution in [0.25, 0.3) is 5.69 Å². The maximum atomic E-state index is 12.6. The number of carboxylic acid groups (broad SMARTS) is 1. The smallest absolute Gasteiger partial charge is 0.322 e. The highest BCUT2D eigenvalue weighted by molar-refractivity contribution is 5.89. The summed E-state index contributed by atoms with van der Waals surface area (Å²) in [5, 5.41) is 16.6. The average Bonchev–Trinajstić information content (AvgIpc) is 2.98. The number of hydrogen-bond acceptors (Lipinski definition) is 3. The summed E-state index contributed by atoms with van der Waals surface area (Å²) in [5.41, 5.74) is 2.58. The summed E-state index contributed by atoms with van der Waals surface area (Å²) in [7, 11) is 1.58. The number of anilines is 1. The van der Waals surface area contributed by atoms with Crippen molar-refractivity contribution in [3.8, 4) is 5.69 Å². The molecule has 0 aliphatic heterocycles. The number of amides is 2. The first-order chi connectivity index (χ1) is 12.5. The fourth-order valence-corrected chi connectivity index (χ4v) is 2.60. The summed E-state index contributed by atoms with van der Waals surface area (Å²) < 4.78 is 1.72. The fourth-order valence-electron chi connectivity index (χ4n) is 2.60. The number of aliphatic carboxylic acids is 1. The molecule has 7 heteroatoms. The number of carbonyl (C=O) groups excluding carboxylic acids is 1. The van der Waals surface area contributed by atoms with Crippen LogP contribution in [0.2, 0.25) is 0 Å². The second-order valence-electron chi connectivity index (χ2n) is 7.91. The largest absolute Gasteiger partial charge is 0.481 e. The van der Waals surface area contributed by atoms with E-state index in [9.17, 15) is 9.59 Å². The summed E-state index contributed by atoms with van der Waals surface area (Å²) in [6.45, 7) is 9.85. The monoisotopic (exact) mass is 372 g/mol. The molecule has 7 nitrogen and oxygen atoms in total. The van der Waals surface area contributed by atoms with Crippen LogP contribution in [0.4, 0.5) is 10.6 Å². The van der Waals surface area contributed by atoms with Crippen molar-refractivity contribution in [2.45, 2.75) is 40.0 Å². The third-order valence-corrected chi connectivity index (χ3v) is 4.37. The number of benzene rings is 1. The van der Waals surface area contributed by atoms with Crippen molar-refractivity contribution in [2.24, 2.45) is 5.92 Å². The quantitative estimate of drug-likeness (QED) is 0.838. The first-order valence-electron chi connectivity index (χ1n) is 8.92. The van der Waals surface area contributed by atoms with Gasteiger partial charge in [0, 0.05) is 25.1 Å². The highest BCUT2D eigenvalue weighted by Crippen LogP contribution is 2.27. The lowest BCUT2D eigenvalue weighted by Crippen LogP contribution is -2.37. The van der Waals surface area contributed by atoms with E-state index in [1.165, 1.54) is 4.90 Å². The van der Waals surface area contributed by atoms with Gasteiger partial charge in [0.25, 0.3) is 0 Å². The van der Waals surface area contributed by atoms with Gasteiger partial charge in [0.2, 0.25) is 0 Å². The van der Waals surface area contributed by atoms with E-state index in [0.717, 1.165) is 16.9 Å². The van der Waals surface area contributed by atoms with Crippen LogP contribution in [-0.4, -0.2) is 45.4 Å². The minimum Gasteiger partial charge on any atom is -0.481 e. The predicted molar refractivity (Wildman–Crippen MR) is 105 cm³/mol. The van der Waals surface area contributed by atoms with Gasteiger partial charge in [0.15, 0.2) is 0 Å². The second kappa shape index (κ2) is 7.82. The Kier molecular flexibility index (Phi) is 5.93. The number of carboxylic acids is 1. The molecule has 0 bridgehead atoms. The number of nitrogens with zero attached hydrogens (tertiary/aromatic N) is 3. The lowest BCUT2D eigenvalue weighted by atomic mass is 9.92. The van der Waals surface area contributed by atoms with E-state index in [0.29, 0.717) is 5.82 Å². The van der Waals surface area contributed by atoms with Gasteiger partial charge in [-0.2, -0.15) is 5.10 Å². The molecule has 2 rings (SSSR count). The zero-order valence-electron chi connectivity index (χ0n) is 16.8. The third-order valence-electron chi connectivity index (χ3n) is 4.37. The molecule has 0 spiro atoms. The van der Waals surface area contributed by atoms with Gasteiger partial charge in [0.05, 0.1) is 17.3 Å². The van der Waals surface area contributed by atoms with Gasteiger partial charge in [0.1, 0.15) is 5.82 Å². The Morgan fingerprint density at radius 1 is 1.30 bits per heavy atom. The fraction of sp³-hybridized carbons (Fsp3) is 0.450. The van der Waals surface area contributed by atoms with E-state index in [1.54, 1.807) is 18.7 Å². The minimum absolute atomic E-state index is 0.117. The van der Waals surface area contributed by atoms with E-state index >= 15 is 0 Å². The van der Waals surface area contributed by atoms with E-state index < -0.39 is 11.9 Å². The molecule has 0 fully saturated rings. The van der Waals surface area contributed by atoms with Crippen molar-refractivity contribution in [1.82, 2.24) is 14.7 Å². The van der Waals surface area contributed by atoms with Crippen LogP contribution in [0.3, 0.4) is 0 Å². The number of rotatable bonds is 5. The Bertz CT molecular complexity index is 836. The third kappa shape index (κ3) is 4.87. The zero-order valence-corrected chi connectivity index (χ0v) is 16.8. The van der Waals surface area contributed by atoms with Crippen LogP contribution in [0.5, 0.6) is 0 Å². The SMILES string of the molecule is Cc1ccccc1-n1nc(C(C)(C)C)cc1NC(=O)N(C)CC(C)C(=O)O. The van der Waals surface area contributed by atoms with E-state index in [1.807, 2.05) is 37.3 Å². The van der Waals surface area contributed by atoms with Crippen molar-refractivity contribution in [3.05, 3.63) is 41.6 Å². The Labute approximate surface area is 160 Å². The van der Waals surface area contributed by atoms with Crippen molar-refractivity contribution < 1.29 is 14.7 Å². The van der Waals surface area contributed by atoms with Gasteiger partial charge >= 0.3 is 12.0 Å². The number of carbonyl (C=O) groups is 2. The molecule has 146 valence electrons. The predicted octanol–water partition coefficient (Wildman–Crippen LogP) is 3.66. The van der Waals surface area contributed by atoms with Gasteiger partial charge < -0.3 is 10.0 Å². The molecule has 1 atom stereocenters. The van der Waals surface area contributed by atoms with Crippen LogP contribution in [0, 0.1) is 12.8 Å². The summed E-state index contributed by atoms with van der Waals surface area (Å²) in [6.07, 6.45) is 0. The molecular formula is C20H28N4O3. The van der Waals surface area contributed by atoms with Gasteiger partial charge in [-0.25, -0.2) is 9.48 Å². The van der Waals surface area contributed by atoms with Gasteiger partial charge in [-0.15, -0.1) is 0 Å². The molecule has 1 unspecified atom stereocenters. The molecule has 0 aliphatic carbocycles. The Morgan fingerprint density at radius 3 is 2.48 bits per heavy atom. The lowest BCUT2D eigenvalue weighted by Gasteiger charge is -2.20. The van der Waals surface area contributed by atoms with Gasteiger partial charge in [-0.05, 0) is 18.6 Å². The molecule has 1 aromatic carbocycles. The highest BCUT2D eigenvalue weighted by Gasteiger charge is 2.23. The Hall–Kier alpha value is -2.83. The maximum absolute atomic E-state index is 12.6. The minimum atomic E-state index is -0.936.